The molecule has 0 bridgehead atoms. The third-order valence-corrected chi connectivity index (χ3v) is 3.63. The smallest absolute Gasteiger partial charge is 0.277 e. The average molecular weight is 295 g/mol. The van der Waals surface area contributed by atoms with Gasteiger partial charge in [0.25, 0.3) is 5.69 Å². The first-order chi connectivity index (χ1) is 10.0. The second-order valence-corrected chi connectivity index (χ2v) is 5.18. The Morgan fingerprint density at radius 1 is 1.38 bits per heavy atom. The molecule has 1 saturated heterocycles. The Balaban J connectivity index is 2.29. The minimum Gasteiger partial charge on any atom is -0.493 e. The summed E-state index contributed by atoms with van der Waals surface area (Å²) in [7, 11) is 3.00. The Bertz CT molecular complexity index is 521. The second kappa shape index (κ2) is 6.73. The highest BCUT2D eigenvalue weighted by molar-refractivity contribution is 5.54. The van der Waals surface area contributed by atoms with Crippen molar-refractivity contribution >= 4 is 5.69 Å². The minimum atomic E-state index is -0.372. The zero-order valence-electron chi connectivity index (χ0n) is 12.6. The Morgan fingerprint density at radius 3 is 2.62 bits per heavy atom. The highest BCUT2D eigenvalue weighted by atomic mass is 16.6. The molecule has 0 amide bonds. The standard InChI is InChI=1S/C14H21N3O4/c1-10-8-16(5-4-15-10)9-11-6-13(20-2)14(21-3)7-12(11)17(18)19/h6-7,10,15H,4-5,8-9H2,1-3H3. The van der Waals surface area contributed by atoms with E-state index in [2.05, 4.69) is 17.1 Å². The number of rotatable bonds is 5. The number of nitro benzene ring substituents is 1. The van der Waals surface area contributed by atoms with Gasteiger partial charge in [-0.2, -0.15) is 0 Å². The predicted octanol–water partition coefficient (Wildman–Crippen LogP) is 1.41. The predicted molar refractivity (Wildman–Crippen MR) is 78.9 cm³/mol. The molecule has 1 aromatic carbocycles. The molecule has 0 spiro atoms. The fraction of sp³-hybridized carbons (Fsp3) is 0.571. The van der Waals surface area contributed by atoms with Crippen molar-refractivity contribution in [1.29, 1.82) is 0 Å². The molecule has 0 aliphatic carbocycles. The van der Waals surface area contributed by atoms with Crippen molar-refractivity contribution in [3.05, 3.63) is 27.8 Å². The normalized spacial score (nSPS) is 19.3. The van der Waals surface area contributed by atoms with Gasteiger partial charge in [0.05, 0.1) is 25.2 Å². The van der Waals surface area contributed by atoms with E-state index in [4.69, 9.17) is 9.47 Å². The number of benzene rings is 1. The number of hydrogen-bond acceptors (Lipinski definition) is 6. The lowest BCUT2D eigenvalue weighted by Crippen LogP contribution is -2.48. The Labute approximate surface area is 124 Å². The summed E-state index contributed by atoms with van der Waals surface area (Å²) in [4.78, 5) is 13.1. The summed E-state index contributed by atoms with van der Waals surface area (Å²) < 4.78 is 10.4. The maximum absolute atomic E-state index is 11.3. The number of nitrogens with one attached hydrogen (secondary N) is 1. The lowest BCUT2D eigenvalue weighted by atomic mass is 10.1. The van der Waals surface area contributed by atoms with Gasteiger partial charge in [-0.1, -0.05) is 0 Å². The summed E-state index contributed by atoms with van der Waals surface area (Å²) in [5, 5.41) is 14.6. The van der Waals surface area contributed by atoms with Crippen LogP contribution < -0.4 is 14.8 Å². The van der Waals surface area contributed by atoms with E-state index in [0.29, 0.717) is 29.6 Å². The molecule has 2 rings (SSSR count). The maximum Gasteiger partial charge on any atom is 0.277 e. The van der Waals surface area contributed by atoms with Gasteiger partial charge in [-0.25, -0.2) is 0 Å². The molecular weight excluding hydrogens is 274 g/mol. The van der Waals surface area contributed by atoms with Crippen LogP contribution in [-0.2, 0) is 6.54 Å². The van der Waals surface area contributed by atoms with Crippen LogP contribution in [0.2, 0.25) is 0 Å². The van der Waals surface area contributed by atoms with Crippen molar-refractivity contribution in [2.24, 2.45) is 0 Å². The van der Waals surface area contributed by atoms with E-state index in [9.17, 15) is 10.1 Å². The van der Waals surface area contributed by atoms with Gasteiger partial charge < -0.3 is 14.8 Å². The number of nitro groups is 1. The van der Waals surface area contributed by atoms with Crippen LogP contribution in [0.25, 0.3) is 0 Å². The molecule has 0 aromatic heterocycles. The second-order valence-electron chi connectivity index (χ2n) is 5.18. The highest BCUT2D eigenvalue weighted by Crippen LogP contribution is 2.35. The monoisotopic (exact) mass is 295 g/mol. The molecule has 1 unspecified atom stereocenters. The lowest BCUT2D eigenvalue weighted by molar-refractivity contribution is -0.385. The van der Waals surface area contributed by atoms with Crippen molar-refractivity contribution in [3.8, 4) is 11.5 Å². The van der Waals surface area contributed by atoms with Gasteiger partial charge in [0.1, 0.15) is 0 Å². The van der Waals surface area contributed by atoms with E-state index in [1.807, 2.05) is 0 Å². The molecule has 1 atom stereocenters. The van der Waals surface area contributed by atoms with Crippen LogP contribution in [0, 0.1) is 10.1 Å². The third kappa shape index (κ3) is 3.62. The first kappa shape index (κ1) is 15.5. The Kier molecular flexibility index (Phi) is 4.98. The summed E-state index contributed by atoms with van der Waals surface area (Å²) in [5.74, 6) is 0.892. The fourth-order valence-electron chi connectivity index (χ4n) is 2.60. The van der Waals surface area contributed by atoms with Gasteiger partial charge in [0, 0.05) is 37.8 Å². The Hall–Kier alpha value is -1.86. The zero-order chi connectivity index (χ0) is 15.4. The summed E-state index contributed by atoms with van der Waals surface area (Å²) in [5.41, 5.74) is 0.714. The fourth-order valence-corrected chi connectivity index (χ4v) is 2.60. The molecule has 1 aliphatic heterocycles. The van der Waals surface area contributed by atoms with Crippen LogP contribution >= 0.6 is 0 Å². The SMILES string of the molecule is COc1cc(CN2CCNC(C)C2)c([N+](=O)[O-])cc1OC. The molecule has 1 N–H and O–H groups in total. The minimum absolute atomic E-state index is 0.0684. The molecule has 7 heteroatoms. The lowest BCUT2D eigenvalue weighted by Gasteiger charge is -2.31. The van der Waals surface area contributed by atoms with Crippen LogP contribution in [0.5, 0.6) is 11.5 Å². The molecule has 1 aliphatic rings. The van der Waals surface area contributed by atoms with E-state index in [1.54, 1.807) is 6.07 Å². The van der Waals surface area contributed by atoms with Crippen LogP contribution in [0.4, 0.5) is 5.69 Å². The summed E-state index contributed by atoms with van der Waals surface area (Å²) >= 11 is 0. The van der Waals surface area contributed by atoms with Crippen molar-refractivity contribution in [2.75, 3.05) is 33.9 Å². The van der Waals surface area contributed by atoms with Crippen LogP contribution in [0.1, 0.15) is 12.5 Å². The topological polar surface area (TPSA) is 76.9 Å². The number of ether oxygens (including phenoxy) is 2. The van der Waals surface area contributed by atoms with Crippen molar-refractivity contribution in [2.45, 2.75) is 19.5 Å². The molecule has 0 radical (unpaired) electrons. The van der Waals surface area contributed by atoms with Gasteiger partial charge in [0.2, 0.25) is 0 Å². The number of piperazine rings is 1. The quantitative estimate of drug-likeness (QED) is 0.653. The highest BCUT2D eigenvalue weighted by Gasteiger charge is 2.23. The van der Waals surface area contributed by atoms with Crippen molar-refractivity contribution in [3.63, 3.8) is 0 Å². The van der Waals surface area contributed by atoms with E-state index >= 15 is 0 Å². The molecule has 116 valence electrons. The van der Waals surface area contributed by atoms with E-state index < -0.39 is 0 Å². The van der Waals surface area contributed by atoms with Crippen LogP contribution in [-0.4, -0.2) is 49.7 Å². The van der Waals surface area contributed by atoms with E-state index in [-0.39, 0.29) is 10.6 Å². The largest absolute Gasteiger partial charge is 0.493 e. The molecule has 1 aromatic rings. The molecular formula is C14H21N3O4. The van der Waals surface area contributed by atoms with E-state index in [1.165, 1.54) is 20.3 Å². The molecule has 0 saturated carbocycles. The molecule has 7 nitrogen and oxygen atoms in total. The van der Waals surface area contributed by atoms with Crippen LogP contribution in [0.15, 0.2) is 12.1 Å². The Morgan fingerprint density at radius 2 is 2.05 bits per heavy atom. The number of hydrogen-bond donors (Lipinski definition) is 1. The number of methoxy groups -OCH3 is 2. The van der Waals surface area contributed by atoms with Crippen molar-refractivity contribution in [1.82, 2.24) is 10.2 Å². The number of nitrogens with zero attached hydrogens (tertiary/aromatic N) is 2. The summed E-state index contributed by atoms with van der Waals surface area (Å²) in [6.07, 6.45) is 0. The first-order valence-corrected chi connectivity index (χ1v) is 6.90. The van der Waals surface area contributed by atoms with Gasteiger partial charge in [-0.15, -0.1) is 0 Å². The van der Waals surface area contributed by atoms with Gasteiger partial charge in [-0.3, -0.25) is 15.0 Å². The van der Waals surface area contributed by atoms with Gasteiger partial charge >= 0.3 is 0 Å². The summed E-state index contributed by atoms with van der Waals surface area (Å²) in [6, 6.07) is 3.52. The van der Waals surface area contributed by atoms with E-state index in [0.717, 1.165) is 19.6 Å². The van der Waals surface area contributed by atoms with Crippen molar-refractivity contribution < 1.29 is 14.4 Å². The average Bonchev–Trinajstić information content (AvgIpc) is 2.46. The molecule has 1 heterocycles. The maximum atomic E-state index is 11.3. The van der Waals surface area contributed by atoms with Gasteiger partial charge in [0.15, 0.2) is 11.5 Å². The zero-order valence-corrected chi connectivity index (χ0v) is 12.6. The first-order valence-electron chi connectivity index (χ1n) is 6.90. The third-order valence-electron chi connectivity index (χ3n) is 3.63. The molecule has 1 fully saturated rings. The van der Waals surface area contributed by atoms with Crippen LogP contribution in [0.3, 0.4) is 0 Å². The molecule has 21 heavy (non-hydrogen) atoms. The summed E-state index contributed by atoms with van der Waals surface area (Å²) in [6.45, 7) is 5.27. The van der Waals surface area contributed by atoms with Gasteiger partial charge in [-0.05, 0) is 13.0 Å².